The van der Waals surface area contributed by atoms with Crippen molar-refractivity contribution in [3.8, 4) is 0 Å². The number of carbonyl (C=O) groups excluding carboxylic acids is 2. The highest BCUT2D eigenvalue weighted by Gasteiger charge is 2.08. The van der Waals surface area contributed by atoms with Crippen LogP contribution in [0.3, 0.4) is 0 Å². The van der Waals surface area contributed by atoms with Crippen LogP contribution >= 0.6 is 0 Å². The van der Waals surface area contributed by atoms with Crippen LogP contribution in [0.1, 0.15) is 110 Å². The molecule has 0 aromatic carbocycles. The summed E-state index contributed by atoms with van der Waals surface area (Å²) in [5.41, 5.74) is 0. The molecule has 0 spiro atoms. The second kappa shape index (κ2) is 18.6. The molecule has 0 aliphatic carbocycles. The van der Waals surface area contributed by atoms with E-state index in [4.69, 9.17) is 4.74 Å². The van der Waals surface area contributed by atoms with Crippen molar-refractivity contribution in [3.63, 3.8) is 0 Å². The van der Waals surface area contributed by atoms with Gasteiger partial charge in [0.15, 0.2) is 0 Å². The second-order valence-corrected chi connectivity index (χ2v) is 7.11. The van der Waals surface area contributed by atoms with Crippen molar-refractivity contribution in [1.29, 1.82) is 0 Å². The van der Waals surface area contributed by atoms with E-state index in [1.165, 1.54) is 19.3 Å². The number of allylic oxidation sites excluding steroid dienone is 1. The Bertz CT molecular complexity index is 376. The van der Waals surface area contributed by atoms with E-state index in [0.717, 1.165) is 57.8 Å². The maximum absolute atomic E-state index is 11.4. The zero-order valence-electron chi connectivity index (χ0n) is 17.0. The number of esters is 2. The van der Waals surface area contributed by atoms with E-state index in [9.17, 15) is 14.7 Å². The predicted octanol–water partition coefficient (Wildman–Crippen LogP) is 5.86. The van der Waals surface area contributed by atoms with E-state index in [1.54, 1.807) is 0 Å². The van der Waals surface area contributed by atoms with Gasteiger partial charge in [-0.25, -0.2) is 0 Å². The molecule has 0 heterocycles. The lowest BCUT2D eigenvalue weighted by molar-refractivity contribution is -0.159. The molecule has 152 valence electrons. The minimum Gasteiger partial charge on any atom is -0.393 e. The van der Waals surface area contributed by atoms with Crippen molar-refractivity contribution in [2.24, 2.45) is 0 Å². The molecule has 4 heteroatoms. The van der Waals surface area contributed by atoms with Crippen molar-refractivity contribution >= 4 is 11.9 Å². The average Bonchev–Trinajstić information content (AvgIpc) is 2.60. The molecule has 0 saturated carbocycles. The Hall–Kier alpha value is -1.16. The summed E-state index contributed by atoms with van der Waals surface area (Å²) in [6, 6.07) is 0. The van der Waals surface area contributed by atoms with Crippen LogP contribution < -0.4 is 0 Å². The lowest BCUT2D eigenvalue weighted by Gasteiger charge is -2.07. The Labute approximate surface area is 160 Å². The first-order chi connectivity index (χ1) is 12.6. The molecule has 0 rings (SSSR count). The van der Waals surface area contributed by atoms with Gasteiger partial charge in [-0.2, -0.15) is 0 Å². The van der Waals surface area contributed by atoms with E-state index < -0.39 is 5.97 Å². The van der Waals surface area contributed by atoms with Crippen LogP contribution in [-0.2, 0) is 14.3 Å². The molecule has 0 bridgehead atoms. The fraction of sp³-hybridized carbons (Fsp3) is 0.818. The summed E-state index contributed by atoms with van der Waals surface area (Å²) >= 11 is 0. The van der Waals surface area contributed by atoms with Gasteiger partial charge in [-0.15, -0.1) is 0 Å². The molecule has 0 aromatic heterocycles. The van der Waals surface area contributed by atoms with Crippen LogP contribution in [-0.4, -0.2) is 23.1 Å². The van der Waals surface area contributed by atoms with Crippen molar-refractivity contribution in [2.75, 3.05) is 0 Å². The highest BCUT2D eigenvalue weighted by molar-refractivity contribution is 5.85. The number of aliphatic hydroxyl groups excluding tert-OH is 1. The number of rotatable bonds is 17. The molecular weight excluding hydrogens is 328 g/mol. The molecule has 4 nitrogen and oxygen atoms in total. The predicted molar refractivity (Wildman–Crippen MR) is 107 cm³/mol. The summed E-state index contributed by atoms with van der Waals surface area (Å²) in [6.07, 6.45) is 18.2. The number of hydrogen-bond donors (Lipinski definition) is 1. The van der Waals surface area contributed by atoms with Crippen molar-refractivity contribution in [3.05, 3.63) is 12.2 Å². The number of ether oxygens (including phenoxy) is 1. The lowest BCUT2D eigenvalue weighted by Crippen LogP contribution is -2.11. The Morgan fingerprint density at radius 3 is 2.19 bits per heavy atom. The molecule has 0 saturated heterocycles. The van der Waals surface area contributed by atoms with Gasteiger partial charge in [0.25, 0.3) is 0 Å². The van der Waals surface area contributed by atoms with Crippen molar-refractivity contribution < 1.29 is 19.4 Å². The summed E-state index contributed by atoms with van der Waals surface area (Å²) in [7, 11) is 0. The lowest BCUT2D eigenvalue weighted by atomic mass is 10.1. The molecule has 0 amide bonds. The van der Waals surface area contributed by atoms with Crippen LogP contribution in [0.5, 0.6) is 0 Å². The van der Waals surface area contributed by atoms with Crippen molar-refractivity contribution in [2.45, 2.75) is 116 Å². The third-order valence-corrected chi connectivity index (χ3v) is 4.40. The number of unbranched alkanes of at least 4 members (excludes halogenated alkanes) is 8. The van der Waals surface area contributed by atoms with E-state index >= 15 is 0 Å². The highest BCUT2D eigenvalue weighted by atomic mass is 16.6. The van der Waals surface area contributed by atoms with Gasteiger partial charge in [-0.1, -0.05) is 70.9 Å². The van der Waals surface area contributed by atoms with Crippen LogP contribution in [0.2, 0.25) is 0 Å². The molecule has 0 aliphatic heterocycles. The van der Waals surface area contributed by atoms with Gasteiger partial charge in [0.2, 0.25) is 0 Å². The zero-order chi connectivity index (χ0) is 19.5. The Morgan fingerprint density at radius 2 is 1.46 bits per heavy atom. The summed E-state index contributed by atoms with van der Waals surface area (Å²) in [5, 5.41) is 9.87. The standard InChI is InChI=1S/C22H40O4/c1-3-5-6-13-17-20(23)18-14-11-9-7-8-10-12-15-19-22(25)26-21(24)16-4-2/h11,14,20,23H,3-10,12-13,15-19H2,1-2H3/b14-11-/t20-/m1/s1. The first-order valence-corrected chi connectivity index (χ1v) is 10.7. The van der Waals surface area contributed by atoms with Gasteiger partial charge in [0.1, 0.15) is 0 Å². The summed E-state index contributed by atoms with van der Waals surface area (Å²) in [4.78, 5) is 22.6. The largest absolute Gasteiger partial charge is 0.393 e. The highest BCUT2D eigenvalue weighted by Crippen LogP contribution is 2.11. The maximum Gasteiger partial charge on any atom is 0.313 e. The van der Waals surface area contributed by atoms with Crippen LogP contribution in [0.4, 0.5) is 0 Å². The second-order valence-electron chi connectivity index (χ2n) is 7.11. The average molecular weight is 369 g/mol. The number of hydrogen-bond acceptors (Lipinski definition) is 4. The fourth-order valence-electron chi connectivity index (χ4n) is 2.79. The Kier molecular flexibility index (Phi) is 17.8. The van der Waals surface area contributed by atoms with Gasteiger partial charge in [0.05, 0.1) is 6.10 Å². The van der Waals surface area contributed by atoms with Gasteiger partial charge in [-0.05, 0) is 38.5 Å². The van der Waals surface area contributed by atoms with E-state index in [0.29, 0.717) is 19.3 Å². The topological polar surface area (TPSA) is 63.6 Å². The third kappa shape index (κ3) is 17.7. The molecule has 0 aliphatic rings. The molecule has 0 fully saturated rings. The molecule has 0 aromatic rings. The van der Waals surface area contributed by atoms with E-state index in [2.05, 4.69) is 19.1 Å². The molecule has 0 radical (unpaired) electrons. The van der Waals surface area contributed by atoms with Crippen LogP contribution in [0, 0.1) is 0 Å². The van der Waals surface area contributed by atoms with Gasteiger partial charge in [0, 0.05) is 12.8 Å². The summed E-state index contributed by atoms with van der Waals surface area (Å²) < 4.78 is 4.71. The first kappa shape index (κ1) is 24.8. The van der Waals surface area contributed by atoms with Crippen molar-refractivity contribution in [1.82, 2.24) is 0 Å². The quantitative estimate of drug-likeness (QED) is 0.151. The maximum atomic E-state index is 11.4. The molecule has 26 heavy (non-hydrogen) atoms. The third-order valence-electron chi connectivity index (χ3n) is 4.40. The molecule has 0 unspecified atom stereocenters. The normalized spacial score (nSPS) is 12.4. The van der Waals surface area contributed by atoms with Crippen LogP contribution in [0.25, 0.3) is 0 Å². The molecule has 1 atom stereocenters. The number of carbonyl (C=O) groups is 2. The zero-order valence-corrected chi connectivity index (χ0v) is 17.0. The van der Waals surface area contributed by atoms with Crippen LogP contribution in [0.15, 0.2) is 12.2 Å². The molecular formula is C22H40O4. The minimum atomic E-state index is -0.407. The summed E-state index contributed by atoms with van der Waals surface area (Å²) in [5.74, 6) is -0.796. The molecule has 1 N–H and O–H groups in total. The Balaban J connectivity index is 3.39. The SMILES string of the molecule is CCCCCC[C@@H](O)C/C=C\CCCCCCCC(=O)OC(=O)CCC. The Morgan fingerprint density at radius 1 is 0.808 bits per heavy atom. The minimum absolute atomic E-state index is 0.188. The van der Waals surface area contributed by atoms with E-state index in [-0.39, 0.29) is 12.1 Å². The van der Waals surface area contributed by atoms with Gasteiger partial charge in [-0.3, -0.25) is 9.59 Å². The summed E-state index contributed by atoms with van der Waals surface area (Å²) in [6.45, 7) is 4.08. The number of aliphatic hydroxyl groups is 1. The van der Waals surface area contributed by atoms with Gasteiger partial charge < -0.3 is 9.84 Å². The van der Waals surface area contributed by atoms with E-state index in [1.807, 2.05) is 6.92 Å². The fourth-order valence-corrected chi connectivity index (χ4v) is 2.79. The monoisotopic (exact) mass is 368 g/mol. The smallest absolute Gasteiger partial charge is 0.313 e. The first-order valence-electron chi connectivity index (χ1n) is 10.7. The van der Waals surface area contributed by atoms with Gasteiger partial charge >= 0.3 is 11.9 Å².